The van der Waals surface area contributed by atoms with E-state index in [0.717, 1.165) is 12.8 Å². The molecule has 0 saturated heterocycles. The summed E-state index contributed by atoms with van der Waals surface area (Å²) in [7, 11) is 0. The lowest BCUT2D eigenvalue weighted by molar-refractivity contribution is 0.943. The summed E-state index contributed by atoms with van der Waals surface area (Å²) in [4.78, 5) is 0. The Morgan fingerprint density at radius 2 is 1.88 bits per heavy atom. The Hall–Kier alpha value is -0.390. The van der Waals surface area contributed by atoms with Gasteiger partial charge in [0.05, 0.1) is 13.3 Å². The summed E-state index contributed by atoms with van der Waals surface area (Å²) in [6.07, 6.45) is 9.08. The van der Waals surface area contributed by atoms with Gasteiger partial charge in [0, 0.05) is 6.42 Å². The predicted octanol–water partition coefficient (Wildman–Crippen LogP) is 2.96. The summed E-state index contributed by atoms with van der Waals surface area (Å²) in [5.74, 6) is 0. The molecule has 0 aliphatic carbocycles. The van der Waals surface area contributed by atoms with Crippen molar-refractivity contribution in [1.29, 1.82) is 0 Å². The number of hydrogen-bond donors (Lipinski definition) is 0. The molecule has 0 aliphatic rings. The van der Waals surface area contributed by atoms with E-state index >= 15 is 0 Å². The normalized spacial score (nSPS) is 10.6. The number of allylic oxidation sites excluding steroid dienone is 2. The van der Waals surface area contributed by atoms with Crippen LogP contribution >= 0.6 is 0 Å². The maximum atomic E-state index is 3.73. The molecule has 0 atom stereocenters. The Kier molecular flexibility index (Phi) is 6.29. The van der Waals surface area contributed by atoms with Crippen LogP contribution in [-0.2, 0) is 0 Å². The summed E-state index contributed by atoms with van der Waals surface area (Å²) in [6.45, 7) is 5.92. The Morgan fingerprint density at radius 3 is 2.38 bits per heavy atom. The fourth-order valence-corrected chi connectivity index (χ4v) is 0.520. The smallest absolute Gasteiger partial charge is 0.0884 e. The van der Waals surface area contributed by atoms with E-state index in [1.807, 2.05) is 0 Å². The first-order valence-electron chi connectivity index (χ1n) is 3.36. The molecule has 0 saturated carbocycles. The molecule has 0 rings (SSSR count). The van der Waals surface area contributed by atoms with Gasteiger partial charge in [-0.05, 0) is 6.42 Å². The van der Waals surface area contributed by atoms with Crippen LogP contribution in [0.1, 0.15) is 32.6 Å². The Labute approximate surface area is 52.6 Å². The van der Waals surface area contributed by atoms with E-state index in [9.17, 15) is 0 Å². The zero-order chi connectivity index (χ0) is 6.24. The van der Waals surface area contributed by atoms with E-state index in [0.29, 0.717) is 0 Å². The maximum Gasteiger partial charge on any atom is 0.0885 e. The van der Waals surface area contributed by atoms with Crippen LogP contribution in [0, 0.1) is 6.92 Å². The van der Waals surface area contributed by atoms with E-state index in [4.69, 9.17) is 0 Å². The molecule has 8 heavy (non-hydrogen) atoms. The summed E-state index contributed by atoms with van der Waals surface area (Å²) in [6, 6.07) is 0. The van der Waals surface area contributed by atoms with Gasteiger partial charge in [0.2, 0.25) is 0 Å². The highest BCUT2D eigenvalue weighted by molar-refractivity contribution is 4.80. The monoisotopic (exact) mass is 111 g/mol. The second-order valence-corrected chi connectivity index (χ2v) is 1.90. The highest BCUT2D eigenvalue weighted by Crippen LogP contribution is 1.92. The van der Waals surface area contributed by atoms with Crippen molar-refractivity contribution in [3.8, 4) is 0 Å². The Balaban J connectivity index is 2.83. The van der Waals surface area contributed by atoms with Gasteiger partial charge in [0.25, 0.3) is 0 Å². The molecule has 0 amide bonds. The lowest BCUT2D eigenvalue weighted by Gasteiger charge is -1.80. The van der Waals surface area contributed by atoms with Crippen molar-refractivity contribution in [2.45, 2.75) is 32.6 Å². The fourth-order valence-electron chi connectivity index (χ4n) is 0.520. The maximum absolute atomic E-state index is 3.73. The van der Waals surface area contributed by atoms with E-state index in [1.54, 1.807) is 0 Å². The van der Waals surface area contributed by atoms with E-state index in [-0.39, 0.29) is 0 Å². The van der Waals surface area contributed by atoms with Crippen molar-refractivity contribution in [3.05, 3.63) is 19.1 Å². The first-order chi connectivity index (χ1) is 3.91. The molecule has 0 fully saturated rings. The summed E-state index contributed by atoms with van der Waals surface area (Å²) in [5, 5.41) is 0. The summed E-state index contributed by atoms with van der Waals surface area (Å²) in [5.41, 5.74) is 0. The van der Waals surface area contributed by atoms with Gasteiger partial charge in [-0.15, -0.1) is 0 Å². The number of rotatable bonds is 4. The van der Waals surface area contributed by atoms with Gasteiger partial charge in [-0.2, -0.15) is 0 Å². The predicted molar refractivity (Wildman–Crippen MR) is 38.6 cm³/mol. The topological polar surface area (TPSA) is 0 Å². The average Bonchev–Trinajstić information content (AvgIpc) is 1.81. The molecule has 0 radical (unpaired) electrons. The third-order valence-electron chi connectivity index (χ3n) is 0.993. The first kappa shape index (κ1) is 7.61. The van der Waals surface area contributed by atoms with Gasteiger partial charge in [-0.25, -0.2) is 0 Å². The molecule has 0 bridgehead atoms. The van der Waals surface area contributed by atoms with Crippen LogP contribution < -0.4 is 0 Å². The average molecular weight is 111 g/mol. The van der Waals surface area contributed by atoms with Crippen molar-refractivity contribution < 1.29 is 0 Å². The molecule has 46 valence electrons. The van der Waals surface area contributed by atoms with E-state index in [2.05, 4.69) is 26.0 Å². The van der Waals surface area contributed by atoms with Gasteiger partial charge in [-0.1, -0.05) is 25.5 Å². The zero-order valence-electron chi connectivity index (χ0n) is 5.69. The third kappa shape index (κ3) is 5.61. The van der Waals surface area contributed by atoms with Crippen LogP contribution in [0.4, 0.5) is 0 Å². The van der Waals surface area contributed by atoms with Gasteiger partial charge >= 0.3 is 0 Å². The second-order valence-electron chi connectivity index (χ2n) is 1.90. The minimum absolute atomic E-state index is 1.03. The van der Waals surface area contributed by atoms with Crippen LogP contribution in [0.3, 0.4) is 0 Å². The summed E-state index contributed by atoms with van der Waals surface area (Å²) < 4.78 is 0. The SMILES string of the molecule is [CH2+]CCC=CCCC. The molecule has 0 heterocycles. The molecular formula is C8H15+. The molecule has 0 aliphatic heterocycles. The summed E-state index contributed by atoms with van der Waals surface area (Å²) >= 11 is 0. The second kappa shape index (κ2) is 6.61. The van der Waals surface area contributed by atoms with Crippen LogP contribution in [-0.4, -0.2) is 0 Å². The molecule has 0 aromatic carbocycles. The van der Waals surface area contributed by atoms with Crippen molar-refractivity contribution in [2.24, 2.45) is 0 Å². The van der Waals surface area contributed by atoms with Gasteiger partial charge in [-0.3, -0.25) is 0 Å². The highest BCUT2D eigenvalue weighted by Gasteiger charge is 1.76. The molecule has 0 aromatic rings. The first-order valence-corrected chi connectivity index (χ1v) is 3.36. The Bertz CT molecular complexity index is 45.1. The lowest BCUT2D eigenvalue weighted by atomic mass is 10.2. The quantitative estimate of drug-likeness (QED) is 0.386. The van der Waals surface area contributed by atoms with Gasteiger partial charge in [0.15, 0.2) is 0 Å². The molecule has 0 spiro atoms. The van der Waals surface area contributed by atoms with E-state index in [1.165, 1.54) is 12.8 Å². The Morgan fingerprint density at radius 1 is 1.25 bits per heavy atom. The van der Waals surface area contributed by atoms with Gasteiger partial charge < -0.3 is 0 Å². The largest absolute Gasteiger partial charge is 0.0885 e. The standard InChI is InChI=1S/C8H15/c1-3-5-7-8-6-4-2/h7-8H,1,3-6H2,2H3/q+1. The number of hydrogen-bond acceptors (Lipinski definition) is 0. The molecule has 0 aromatic heterocycles. The van der Waals surface area contributed by atoms with Crippen molar-refractivity contribution in [1.82, 2.24) is 0 Å². The number of unbranched alkanes of at least 4 members (excludes halogenated alkanes) is 2. The molecule has 0 heteroatoms. The van der Waals surface area contributed by atoms with Gasteiger partial charge in [0.1, 0.15) is 0 Å². The molecule has 0 nitrogen and oxygen atoms in total. The van der Waals surface area contributed by atoms with Crippen molar-refractivity contribution in [2.75, 3.05) is 0 Å². The zero-order valence-corrected chi connectivity index (χ0v) is 5.69. The highest BCUT2D eigenvalue weighted by atomic mass is 13.8. The minimum atomic E-state index is 1.03. The molecular weight excluding hydrogens is 96.1 g/mol. The third-order valence-corrected chi connectivity index (χ3v) is 0.993. The van der Waals surface area contributed by atoms with Crippen LogP contribution in [0.15, 0.2) is 12.2 Å². The lowest BCUT2D eigenvalue weighted by Crippen LogP contribution is -1.62. The molecule has 0 unspecified atom stereocenters. The van der Waals surface area contributed by atoms with Crippen LogP contribution in [0.2, 0.25) is 0 Å². The minimum Gasteiger partial charge on any atom is -0.0884 e. The van der Waals surface area contributed by atoms with Crippen LogP contribution in [0.25, 0.3) is 0 Å². The van der Waals surface area contributed by atoms with E-state index < -0.39 is 0 Å². The van der Waals surface area contributed by atoms with Crippen molar-refractivity contribution >= 4 is 0 Å². The molecule has 0 N–H and O–H groups in total. The van der Waals surface area contributed by atoms with Crippen LogP contribution in [0.5, 0.6) is 0 Å². The fraction of sp³-hybridized carbons (Fsp3) is 0.625. The van der Waals surface area contributed by atoms with Crippen molar-refractivity contribution in [3.63, 3.8) is 0 Å².